The van der Waals surface area contributed by atoms with Crippen molar-refractivity contribution in [3.05, 3.63) is 58.3 Å². The van der Waals surface area contributed by atoms with Gasteiger partial charge in [-0.2, -0.15) is 0 Å². The van der Waals surface area contributed by atoms with Gasteiger partial charge in [-0.1, -0.05) is 30.3 Å². The molecular weight excluding hydrogens is 304 g/mol. The number of nitrogens with zero attached hydrogens (tertiary/aromatic N) is 2. The molecule has 1 unspecified atom stereocenters. The quantitative estimate of drug-likeness (QED) is 0.873. The summed E-state index contributed by atoms with van der Waals surface area (Å²) >= 11 is 0. The predicted molar refractivity (Wildman–Crippen MR) is 93.1 cm³/mol. The van der Waals surface area contributed by atoms with Crippen LogP contribution in [0.1, 0.15) is 28.9 Å². The molecule has 6 nitrogen and oxygen atoms in total. The van der Waals surface area contributed by atoms with Gasteiger partial charge >= 0.3 is 5.69 Å². The third-order valence-electron chi connectivity index (χ3n) is 4.73. The van der Waals surface area contributed by atoms with Crippen molar-refractivity contribution in [3.63, 3.8) is 0 Å². The number of amides is 1. The summed E-state index contributed by atoms with van der Waals surface area (Å²) in [6, 6.07) is 10.8. The minimum absolute atomic E-state index is 0.102. The van der Waals surface area contributed by atoms with Gasteiger partial charge in [-0.15, -0.1) is 0 Å². The number of piperidine rings is 1. The van der Waals surface area contributed by atoms with Crippen molar-refractivity contribution in [2.45, 2.75) is 25.3 Å². The summed E-state index contributed by atoms with van der Waals surface area (Å²) in [4.78, 5) is 32.9. The topological polar surface area (TPSA) is 72.2 Å². The molecule has 0 bridgehead atoms. The molecule has 0 aliphatic carbocycles. The highest BCUT2D eigenvalue weighted by Gasteiger charge is 2.27. The molecule has 24 heavy (non-hydrogen) atoms. The van der Waals surface area contributed by atoms with Crippen molar-refractivity contribution in [1.82, 2.24) is 19.8 Å². The molecule has 2 heterocycles. The van der Waals surface area contributed by atoms with Gasteiger partial charge in [0, 0.05) is 31.9 Å². The Kier molecular flexibility index (Phi) is 5.15. The third kappa shape index (κ3) is 3.94. The molecule has 6 heteroatoms. The average molecular weight is 328 g/mol. The normalized spacial score (nSPS) is 18.1. The average Bonchev–Trinajstić information content (AvgIpc) is 3.06. The summed E-state index contributed by atoms with van der Waals surface area (Å²) in [7, 11) is 2.12. The smallest absolute Gasteiger partial charge is 0.323 e. The van der Waals surface area contributed by atoms with Crippen LogP contribution in [0.5, 0.6) is 0 Å². The molecule has 0 saturated carbocycles. The lowest BCUT2D eigenvalue weighted by atomic mass is 10.0. The molecule has 1 fully saturated rings. The Balaban J connectivity index is 1.56. The number of rotatable bonds is 5. The molecule has 1 saturated heterocycles. The fourth-order valence-corrected chi connectivity index (χ4v) is 3.25. The molecule has 128 valence electrons. The Bertz CT molecular complexity index is 722. The Morgan fingerprint density at radius 1 is 1.33 bits per heavy atom. The van der Waals surface area contributed by atoms with Crippen LogP contribution in [0.25, 0.3) is 0 Å². The van der Waals surface area contributed by atoms with E-state index in [0.717, 1.165) is 32.4 Å². The van der Waals surface area contributed by atoms with Gasteiger partial charge in [0.25, 0.3) is 5.91 Å². The number of carbonyl (C=O) groups is 1. The zero-order valence-corrected chi connectivity index (χ0v) is 14.0. The minimum atomic E-state index is -0.341. The highest BCUT2D eigenvalue weighted by Crippen LogP contribution is 2.17. The fraction of sp³-hybridized carbons (Fsp3) is 0.444. The highest BCUT2D eigenvalue weighted by atomic mass is 16.2. The van der Waals surface area contributed by atoms with E-state index in [1.807, 2.05) is 11.0 Å². The van der Waals surface area contributed by atoms with Crippen LogP contribution in [-0.2, 0) is 6.42 Å². The molecule has 0 spiro atoms. The first-order valence-electron chi connectivity index (χ1n) is 8.44. The number of hydrogen-bond acceptors (Lipinski definition) is 3. The van der Waals surface area contributed by atoms with E-state index in [0.29, 0.717) is 18.3 Å². The maximum atomic E-state index is 12.5. The van der Waals surface area contributed by atoms with Gasteiger partial charge in [-0.25, -0.2) is 4.79 Å². The molecule has 3 rings (SSSR count). The number of H-pyrrole nitrogens is 2. The number of hydrogen-bond donors (Lipinski definition) is 2. The first-order valence-corrected chi connectivity index (χ1v) is 8.44. The Labute approximate surface area is 141 Å². The molecule has 1 aromatic carbocycles. The van der Waals surface area contributed by atoms with Crippen LogP contribution < -0.4 is 5.69 Å². The molecule has 2 aromatic rings. The van der Waals surface area contributed by atoms with Crippen LogP contribution in [-0.4, -0.2) is 58.4 Å². The monoisotopic (exact) mass is 328 g/mol. The van der Waals surface area contributed by atoms with Crippen LogP contribution in [0, 0.1) is 0 Å². The summed E-state index contributed by atoms with van der Waals surface area (Å²) in [6.45, 7) is 2.42. The maximum Gasteiger partial charge on any atom is 0.323 e. The highest BCUT2D eigenvalue weighted by molar-refractivity contribution is 5.92. The largest absolute Gasteiger partial charge is 0.336 e. The number of likely N-dealkylation sites (N-methyl/N-ethyl adjacent to an activating group) is 1. The lowest BCUT2D eigenvalue weighted by Crippen LogP contribution is -2.49. The summed E-state index contributed by atoms with van der Waals surface area (Å²) in [5.41, 5.74) is 1.33. The van der Waals surface area contributed by atoms with Gasteiger partial charge in [0.1, 0.15) is 5.69 Å². The number of imidazole rings is 1. The summed E-state index contributed by atoms with van der Waals surface area (Å²) < 4.78 is 0. The molecule has 1 aliphatic heterocycles. The van der Waals surface area contributed by atoms with Crippen LogP contribution in [0.3, 0.4) is 0 Å². The number of carbonyl (C=O) groups excluding carboxylic acids is 1. The van der Waals surface area contributed by atoms with E-state index in [1.165, 1.54) is 11.8 Å². The second-order valence-corrected chi connectivity index (χ2v) is 6.42. The van der Waals surface area contributed by atoms with E-state index in [-0.39, 0.29) is 11.6 Å². The van der Waals surface area contributed by atoms with Gasteiger partial charge in [-0.3, -0.25) is 4.79 Å². The summed E-state index contributed by atoms with van der Waals surface area (Å²) in [5, 5.41) is 0. The van der Waals surface area contributed by atoms with Crippen LogP contribution in [0.15, 0.2) is 41.3 Å². The van der Waals surface area contributed by atoms with E-state index in [4.69, 9.17) is 0 Å². The van der Waals surface area contributed by atoms with Gasteiger partial charge in [0.2, 0.25) is 0 Å². The van der Waals surface area contributed by atoms with Crippen LogP contribution >= 0.6 is 0 Å². The third-order valence-corrected chi connectivity index (χ3v) is 4.73. The SMILES string of the molecule is CN(CCc1ccccc1)C1CCCN(C(=O)c2c[nH]c(=O)[nH]2)C1. The van der Waals surface area contributed by atoms with Crippen LogP contribution in [0.2, 0.25) is 0 Å². The van der Waals surface area contributed by atoms with Gasteiger partial charge in [0.15, 0.2) is 0 Å². The Morgan fingerprint density at radius 3 is 2.83 bits per heavy atom. The molecule has 1 amide bonds. The fourth-order valence-electron chi connectivity index (χ4n) is 3.25. The van der Waals surface area contributed by atoms with E-state index < -0.39 is 0 Å². The molecule has 1 atom stereocenters. The first kappa shape index (κ1) is 16.5. The van der Waals surface area contributed by atoms with E-state index in [2.05, 4.69) is 46.2 Å². The number of benzene rings is 1. The minimum Gasteiger partial charge on any atom is -0.336 e. The molecule has 1 aliphatic rings. The van der Waals surface area contributed by atoms with E-state index in [1.54, 1.807) is 0 Å². The molecule has 0 radical (unpaired) electrons. The number of nitrogens with one attached hydrogen (secondary N) is 2. The number of likely N-dealkylation sites (tertiary alicyclic amines) is 1. The van der Waals surface area contributed by atoms with Crippen LogP contribution in [0.4, 0.5) is 0 Å². The maximum absolute atomic E-state index is 12.5. The summed E-state index contributed by atoms with van der Waals surface area (Å²) in [5.74, 6) is -0.102. The second kappa shape index (κ2) is 7.49. The van der Waals surface area contributed by atoms with Gasteiger partial charge in [0.05, 0.1) is 0 Å². The lowest BCUT2D eigenvalue weighted by Gasteiger charge is -2.37. The first-order chi connectivity index (χ1) is 11.6. The van der Waals surface area contributed by atoms with Crippen molar-refractivity contribution < 1.29 is 4.79 Å². The summed E-state index contributed by atoms with van der Waals surface area (Å²) in [6.07, 6.45) is 4.54. The van der Waals surface area contributed by atoms with E-state index in [9.17, 15) is 9.59 Å². The molecule has 2 N–H and O–H groups in total. The standard InChI is InChI=1S/C18H24N4O2/c1-21(11-9-14-6-3-2-4-7-14)15-8-5-10-22(13-15)17(23)16-12-19-18(24)20-16/h2-4,6-7,12,15H,5,8-11,13H2,1H3,(H2,19,20,24). The molecule has 1 aromatic heterocycles. The van der Waals surface area contributed by atoms with Crippen molar-refractivity contribution in [3.8, 4) is 0 Å². The number of aromatic nitrogens is 2. The van der Waals surface area contributed by atoms with Crippen molar-refractivity contribution in [1.29, 1.82) is 0 Å². The zero-order chi connectivity index (χ0) is 16.9. The van der Waals surface area contributed by atoms with E-state index >= 15 is 0 Å². The van der Waals surface area contributed by atoms with Gasteiger partial charge < -0.3 is 19.8 Å². The zero-order valence-electron chi connectivity index (χ0n) is 14.0. The van der Waals surface area contributed by atoms with Crippen molar-refractivity contribution in [2.75, 3.05) is 26.7 Å². The van der Waals surface area contributed by atoms with Crippen molar-refractivity contribution in [2.24, 2.45) is 0 Å². The number of aromatic amines is 2. The van der Waals surface area contributed by atoms with Crippen molar-refractivity contribution >= 4 is 5.91 Å². The predicted octanol–water partition coefficient (Wildman–Crippen LogP) is 1.48. The lowest BCUT2D eigenvalue weighted by molar-refractivity contribution is 0.0606. The van der Waals surface area contributed by atoms with Gasteiger partial charge in [-0.05, 0) is 31.9 Å². The Hall–Kier alpha value is -2.34. The Morgan fingerprint density at radius 2 is 2.12 bits per heavy atom. The second-order valence-electron chi connectivity index (χ2n) is 6.42. The molecular formula is C18H24N4O2.